The second kappa shape index (κ2) is 6.58. The molecule has 0 N–H and O–H groups in total. The highest BCUT2D eigenvalue weighted by Crippen LogP contribution is 2.21. The van der Waals surface area contributed by atoms with E-state index in [-0.39, 0.29) is 5.92 Å². The first-order valence-electron chi connectivity index (χ1n) is 4.98. The molecule has 2 nitrogen and oxygen atoms in total. The zero-order valence-electron chi connectivity index (χ0n) is 10.0. The van der Waals surface area contributed by atoms with Crippen molar-refractivity contribution in [1.82, 2.24) is 5.06 Å². The van der Waals surface area contributed by atoms with Gasteiger partial charge in [-0.3, -0.25) is 9.90 Å². The minimum absolute atomic E-state index is 0.141. The Bertz CT molecular complexity index is 256. The number of rotatable bonds is 5. The molecule has 0 amide bonds. The molecule has 5 heteroatoms. The van der Waals surface area contributed by atoms with Crippen LogP contribution in [0.25, 0.3) is 0 Å². The van der Waals surface area contributed by atoms with Crippen molar-refractivity contribution in [3.63, 3.8) is 0 Å². The summed E-state index contributed by atoms with van der Waals surface area (Å²) < 4.78 is 35.8. The molecule has 0 unspecified atom stereocenters. The van der Waals surface area contributed by atoms with Gasteiger partial charge in [-0.15, -0.1) is 0 Å². The van der Waals surface area contributed by atoms with Crippen LogP contribution in [0.3, 0.4) is 0 Å². The third kappa shape index (κ3) is 7.34. The van der Waals surface area contributed by atoms with Crippen LogP contribution in [-0.4, -0.2) is 25.4 Å². The highest BCUT2D eigenvalue weighted by atomic mass is 19.4. The Labute approximate surface area is 94.3 Å². The molecule has 0 atom stereocenters. The molecule has 0 aromatic carbocycles. The van der Waals surface area contributed by atoms with Crippen LogP contribution in [0.1, 0.15) is 20.3 Å². The fourth-order valence-corrected chi connectivity index (χ4v) is 0.976. The topological polar surface area (TPSA) is 12.5 Å². The molecule has 94 valence electrons. The lowest BCUT2D eigenvalue weighted by molar-refractivity contribution is -0.125. The van der Waals surface area contributed by atoms with Crippen molar-refractivity contribution in [2.45, 2.75) is 26.4 Å². The van der Waals surface area contributed by atoms with Crippen LogP contribution in [0.5, 0.6) is 0 Å². The normalized spacial score (nSPS) is 13.9. The standard InChI is InChI=1S/C11H18F3NO/c1-9(2)10(8-15(3)16-4)6-5-7-11(12,13)14/h5-6,8-9H,7H2,1-4H3. The zero-order valence-corrected chi connectivity index (χ0v) is 10.0. The molecule has 0 bridgehead atoms. The number of allylic oxidation sites excluding steroid dienone is 3. The number of hydroxylamine groups is 2. The van der Waals surface area contributed by atoms with Gasteiger partial charge in [-0.05, 0) is 11.5 Å². The molecule has 0 aromatic rings. The summed E-state index contributed by atoms with van der Waals surface area (Å²) in [5.41, 5.74) is 0.786. The molecule has 0 aromatic heterocycles. The quantitative estimate of drug-likeness (QED) is 0.535. The maximum absolute atomic E-state index is 11.9. The zero-order chi connectivity index (χ0) is 12.8. The van der Waals surface area contributed by atoms with Gasteiger partial charge in [0.1, 0.15) is 0 Å². The van der Waals surface area contributed by atoms with Crippen LogP contribution in [0, 0.1) is 5.92 Å². The van der Waals surface area contributed by atoms with Gasteiger partial charge < -0.3 is 0 Å². The van der Waals surface area contributed by atoms with Crippen LogP contribution < -0.4 is 0 Å². The minimum atomic E-state index is -4.15. The van der Waals surface area contributed by atoms with Gasteiger partial charge in [0.05, 0.1) is 13.5 Å². The summed E-state index contributed by atoms with van der Waals surface area (Å²) >= 11 is 0. The van der Waals surface area contributed by atoms with Gasteiger partial charge in [0.25, 0.3) is 0 Å². The van der Waals surface area contributed by atoms with E-state index in [4.69, 9.17) is 4.84 Å². The molecule has 16 heavy (non-hydrogen) atoms. The maximum Gasteiger partial charge on any atom is 0.392 e. The van der Waals surface area contributed by atoms with Crippen LogP contribution in [0.4, 0.5) is 13.2 Å². The first kappa shape index (κ1) is 15.0. The van der Waals surface area contributed by atoms with Gasteiger partial charge in [0, 0.05) is 13.2 Å². The predicted octanol–water partition coefficient (Wildman–Crippen LogP) is 3.53. The highest BCUT2D eigenvalue weighted by molar-refractivity contribution is 5.19. The summed E-state index contributed by atoms with van der Waals surface area (Å²) in [4.78, 5) is 4.88. The third-order valence-corrected chi connectivity index (χ3v) is 1.95. The summed E-state index contributed by atoms with van der Waals surface area (Å²) in [5.74, 6) is 0.141. The van der Waals surface area contributed by atoms with E-state index < -0.39 is 12.6 Å². The number of halogens is 3. The Morgan fingerprint density at radius 1 is 1.38 bits per heavy atom. The molecular weight excluding hydrogens is 219 g/mol. The summed E-state index contributed by atoms with van der Waals surface area (Å²) in [6.07, 6.45) is -0.792. The Morgan fingerprint density at radius 2 is 1.94 bits per heavy atom. The summed E-state index contributed by atoms with van der Waals surface area (Å²) in [6.45, 7) is 3.82. The Morgan fingerprint density at radius 3 is 2.31 bits per heavy atom. The minimum Gasteiger partial charge on any atom is -0.278 e. The van der Waals surface area contributed by atoms with Crippen LogP contribution in [-0.2, 0) is 4.84 Å². The van der Waals surface area contributed by atoms with Crippen LogP contribution in [0.2, 0.25) is 0 Å². The molecule has 0 rings (SSSR count). The smallest absolute Gasteiger partial charge is 0.278 e. The lowest BCUT2D eigenvalue weighted by atomic mass is 10.0. The van der Waals surface area contributed by atoms with E-state index in [1.807, 2.05) is 13.8 Å². The fraction of sp³-hybridized carbons (Fsp3) is 0.636. The second-order valence-corrected chi connectivity index (χ2v) is 3.73. The predicted molar refractivity (Wildman–Crippen MR) is 57.5 cm³/mol. The SMILES string of the molecule is CON(C)C=C(C=CCC(F)(F)F)C(C)C. The van der Waals surface area contributed by atoms with Crippen LogP contribution in [0.15, 0.2) is 23.9 Å². The molecule has 0 aliphatic carbocycles. The number of hydrogen-bond donors (Lipinski definition) is 0. The van der Waals surface area contributed by atoms with Crippen molar-refractivity contribution in [3.8, 4) is 0 Å². The van der Waals surface area contributed by atoms with E-state index in [0.29, 0.717) is 0 Å². The van der Waals surface area contributed by atoms with E-state index in [1.165, 1.54) is 18.2 Å². The van der Waals surface area contributed by atoms with Crippen molar-refractivity contribution in [1.29, 1.82) is 0 Å². The first-order valence-corrected chi connectivity index (χ1v) is 4.98. The van der Waals surface area contributed by atoms with Gasteiger partial charge in [-0.2, -0.15) is 13.2 Å². The van der Waals surface area contributed by atoms with Gasteiger partial charge >= 0.3 is 6.18 Å². The molecule has 0 aliphatic heterocycles. The fourth-order valence-electron chi connectivity index (χ4n) is 0.976. The van der Waals surface area contributed by atoms with Crippen LogP contribution >= 0.6 is 0 Å². The summed E-state index contributed by atoms with van der Waals surface area (Å²) in [7, 11) is 3.17. The molecular formula is C11H18F3NO. The van der Waals surface area contributed by atoms with Gasteiger partial charge in [0.2, 0.25) is 0 Å². The molecule has 0 fully saturated rings. The second-order valence-electron chi connectivity index (χ2n) is 3.73. The summed E-state index contributed by atoms with van der Waals surface area (Å²) in [5, 5.41) is 1.45. The van der Waals surface area contributed by atoms with E-state index in [1.54, 1.807) is 13.2 Å². The molecule has 0 spiro atoms. The molecule has 0 saturated carbocycles. The van der Waals surface area contributed by atoms with Crippen molar-refractivity contribution in [2.75, 3.05) is 14.2 Å². The van der Waals surface area contributed by atoms with Crippen molar-refractivity contribution in [2.24, 2.45) is 5.92 Å². The molecule has 0 aliphatic rings. The van der Waals surface area contributed by atoms with Crippen molar-refractivity contribution < 1.29 is 18.0 Å². The van der Waals surface area contributed by atoms with Gasteiger partial charge in [-0.1, -0.05) is 26.0 Å². The molecule has 0 heterocycles. The third-order valence-electron chi connectivity index (χ3n) is 1.95. The van der Waals surface area contributed by atoms with E-state index >= 15 is 0 Å². The number of alkyl halides is 3. The molecule has 0 radical (unpaired) electrons. The largest absolute Gasteiger partial charge is 0.392 e. The lowest BCUT2D eigenvalue weighted by Crippen LogP contribution is -2.10. The number of nitrogens with zero attached hydrogens (tertiary/aromatic N) is 1. The maximum atomic E-state index is 11.9. The Kier molecular flexibility index (Phi) is 6.18. The molecule has 0 saturated heterocycles. The lowest BCUT2D eigenvalue weighted by Gasteiger charge is -2.14. The van der Waals surface area contributed by atoms with Gasteiger partial charge in [-0.25, -0.2) is 0 Å². The Balaban J connectivity index is 4.52. The van der Waals surface area contributed by atoms with Gasteiger partial charge in [0.15, 0.2) is 0 Å². The van der Waals surface area contributed by atoms with Crippen molar-refractivity contribution >= 4 is 0 Å². The average Bonchev–Trinajstić information content (AvgIpc) is 2.13. The Hall–Kier alpha value is -0.970. The number of hydrogen-bond acceptors (Lipinski definition) is 2. The highest BCUT2D eigenvalue weighted by Gasteiger charge is 2.24. The van der Waals surface area contributed by atoms with E-state index in [2.05, 4.69) is 0 Å². The van der Waals surface area contributed by atoms with Crippen molar-refractivity contribution in [3.05, 3.63) is 23.9 Å². The summed E-state index contributed by atoms with van der Waals surface area (Å²) in [6, 6.07) is 0. The van der Waals surface area contributed by atoms with E-state index in [0.717, 1.165) is 11.6 Å². The first-order chi connectivity index (χ1) is 7.26. The van der Waals surface area contributed by atoms with E-state index in [9.17, 15) is 13.2 Å². The average molecular weight is 237 g/mol. The monoisotopic (exact) mass is 237 g/mol.